The lowest BCUT2D eigenvalue weighted by Gasteiger charge is -2.22. The molecular formula is C11H17N3O5S2. The van der Waals surface area contributed by atoms with Gasteiger partial charge in [-0.25, -0.2) is 27.0 Å². The van der Waals surface area contributed by atoms with Crippen LogP contribution in [-0.2, 0) is 24.8 Å². The number of ether oxygens (including phenoxy) is 1. The Bertz CT molecular complexity index is 679. The van der Waals surface area contributed by atoms with Crippen LogP contribution in [0.5, 0.6) is 0 Å². The molecule has 1 aromatic heterocycles. The number of rotatable bonds is 5. The molecule has 1 fully saturated rings. The van der Waals surface area contributed by atoms with Gasteiger partial charge in [-0.1, -0.05) is 0 Å². The Morgan fingerprint density at radius 2 is 2.05 bits per heavy atom. The molecule has 2 rings (SSSR count). The van der Waals surface area contributed by atoms with Crippen molar-refractivity contribution in [1.29, 1.82) is 0 Å². The number of hydrogen-bond donors (Lipinski definition) is 2. The first-order valence-corrected chi connectivity index (χ1v) is 9.57. The Hall–Kier alpha value is -1.23. The highest BCUT2D eigenvalue weighted by atomic mass is 32.2. The lowest BCUT2D eigenvalue weighted by molar-refractivity contribution is 0.0306. The van der Waals surface area contributed by atoms with Gasteiger partial charge in [0.1, 0.15) is 0 Å². The lowest BCUT2D eigenvalue weighted by atomic mass is 10.1. The normalized spacial score (nSPS) is 20.1. The van der Waals surface area contributed by atoms with Gasteiger partial charge in [0.15, 0.2) is 5.03 Å². The van der Waals surface area contributed by atoms with Gasteiger partial charge in [-0.3, -0.25) is 4.72 Å². The van der Waals surface area contributed by atoms with E-state index in [0.717, 1.165) is 25.1 Å². The number of primary sulfonamides is 1. The van der Waals surface area contributed by atoms with E-state index < -0.39 is 20.0 Å². The van der Waals surface area contributed by atoms with Crippen LogP contribution in [0.15, 0.2) is 23.4 Å². The quantitative estimate of drug-likeness (QED) is 0.781. The Labute approximate surface area is 123 Å². The summed E-state index contributed by atoms with van der Waals surface area (Å²) in [6.45, 7) is 0.574. The largest absolute Gasteiger partial charge is 0.377 e. The number of nitrogens with zero attached hydrogens (tertiary/aromatic N) is 1. The molecule has 0 bridgehead atoms. The molecule has 0 aromatic carbocycles. The molecule has 0 spiro atoms. The molecule has 3 N–H and O–H groups in total. The van der Waals surface area contributed by atoms with E-state index >= 15 is 0 Å². The standard InChI is InChI=1S/C11H17N3O5S2/c12-21(17,18)11-5-4-9(7-13-11)14-20(15,16)8-10-3-1-2-6-19-10/h4-5,7,10,14H,1-3,6,8H2,(H2,12,17,18). The summed E-state index contributed by atoms with van der Waals surface area (Å²) in [5.41, 5.74) is 0.179. The molecule has 0 amide bonds. The summed E-state index contributed by atoms with van der Waals surface area (Å²) >= 11 is 0. The molecule has 2 heterocycles. The molecule has 0 saturated carbocycles. The summed E-state index contributed by atoms with van der Waals surface area (Å²) in [6, 6.07) is 2.44. The average Bonchev–Trinajstić information content (AvgIpc) is 2.38. The van der Waals surface area contributed by atoms with Gasteiger partial charge < -0.3 is 4.74 Å². The Morgan fingerprint density at radius 3 is 2.57 bits per heavy atom. The van der Waals surface area contributed by atoms with Crippen LogP contribution in [0.25, 0.3) is 0 Å². The molecule has 1 unspecified atom stereocenters. The molecule has 10 heteroatoms. The van der Waals surface area contributed by atoms with Gasteiger partial charge in [0.05, 0.1) is 23.7 Å². The van der Waals surface area contributed by atoms with Crippen molar-refractivity contribution in [2.24, 2.45) is 5.14 Å². The molecule has 8 nitrogen and oxygen atoms in total. The van der Waals surface area contributed by atoms with Crippen LogP contribution >= 0.6 is 0 Å². The molecule has 1 saturated heterocycles. The zero-order chi connectivity index (χ0) is 15.5. The zero-order valence-electron chi connectivity index (χ0n) is 11.2. The SMILES string of the molecule is NS(=O)(=O)c1ccc(NS(=O)(=O)CC2CCCCO2)cn1. The van der Waals surface area contributed by atoms with Gasteiger partial charge in [-0.05, 0) is 31.4 Å². The van der Waals surface area contributed by atoms with E-state index in [0.29, 0.717) is 13.0 Å². The molecule has 1 aliphatic rings. The second-order valence-electron chi connectivity index (χ2n) is 4.80. The summed E-state index contributed by atoms with van der Waals surface area (Å²) in [5.74, 6) is -0.135. The average molecular weight is 335 g/mol. The van der Waals surface area contributed by atoms with Crippen molar-refractivity contribution in [3.8, 4) is 0 Å². The van der Waals surface area contributed by atoms with Gasteiger partial charge in [-0.15, -0.1) is 0 Å². The monoisotopic (exact) mass is 335 g/mol. The van der Waals surface area contributed by atoms with E-state index in [2.05, 4.69) is 9.71 Å². The Kier molecular flexibility index (Phi) is 4.81. The maximum atomic E-state index is 12.0. The minimum Gasteiger partial charge on any atom is -0.377 e. The summed E-state index contributed by atoms with van der Waals surface area (Å²) < 4.78 is 53.8. The van der Waals surface area contributed by atoms with Crippen LogP contribution in [-0.4, -0.2) is 40.3 Å². The minimum absolute atomic E-state index is 0.135. The number of pyridine rings is 1. The van der Waals surface area contributed by atoms with Gasteiger partial charge in [0, 0.05) is 6.61 Å². The van der Waals surface area contributed by atoms with Crippen molar-refractivity contribution in [2.75, 3.05) is 17.1 Å². The van der Waals surface area contributed by atoms with Gasteiger partial charge >= 0.3 is 0 Å². The zero-order valence-corrected chi connectivity index (χ0v) is 12.9. The van der Waals surface area contributed by atoms with Crippen LogP contribution in [0.3, 0.4) is 0 Å². The smallest absolute Gasteiger partial charge is 0.255 e. The van der Waals surface area contributed by atoms with Crippen LogP contribution in [0, 0.1) is 0 Å². The molecule has 118 valence electrons. The summed E-state index contributed by atoms with van der Waals surface area (Å²) in [7, 11) is -7.47. The summed E-state index contributed by atoms with van der Waals surface area (Å²) in [5, 5.41) is 4.59. The van der Waals surface area contributed by atoms with E-state index in [9.17, 15) is 16.8 Å². The predicted molar refractivity (Wildman–Crippen MR) is 76.6 cm³/mol. The summed E-state index contributed by atoms with van der Waals surface area (Å²) in [6.07, 6.45) is 3.41. The van der Waals surface area contributed by atoms with E-state index in [1.54, 1.807) is 0 Å². The molecule has 21 heavy (non-hydrogen) atoms. The first kappa shape index (κ1) is 16.1. The minimum atomic E-state index is -3.89. The van der Waals surface area contributed by atoms with Crippen LogP contribution in [0.4, 0.5) is 5.69 Å². The predicted octanol–water partition coefficient (Wildman–Crippen LogP) is 0.0398. The van der Waals surface area contributed by atoms with E-state index in [4.69, 9.17) is 9.88 Å². The van der Waals surface area contributed by atoms with Crippen molar-refractivity contribution < 1.29 is 21.6 Å². The first-order chi connectivity index (χ1) is 9.76. The number of nitrogens with one attached hydrogen (secondary N) is 1. The van der Waals surface area contributed by atoms with Crippen LogP contribution in [0.1, 0.15) is 19.3 Å². The highest BCUT2D eigenvalue weighted by molar-refractivity contribution is 7.92. The fourth-order valence-electron chi connectivity index (χ4n) is 2.01. The topological polar surface area (TPSA) is 128 Å². The highest BCUT2D eigenvalue weighted by Crippen LogP contribution is 2.16. The second kappa shape index (κ2) is 6.26. The van der Waals surface area contributed by atoms with Crippen molar-refractivity contribution in [2.45, 2.75) is 30.4 Å². The fourth-order valence-corrected chi connectivity index (χ4v) is 3.79. The first-order valence-electron chi connectivity index (χ1n) is 6.37. The van der Waals surface area contributed by atoms with Crippen molar-refractivity contribution in [3.05, 3.63) is 18.3 Å². The van der Waals surface area contributed by atoms with Gasteiger partial charge in [-0.2, -0.15) is 0 Å². The Balaban J connectivity index is 2.02. The molecular weight excluding hydrogens is 318 g/mol. The maximum Gasteiger partial charge on any atom is 0.255 e. The molecule has 1 atom stereocenters. The van der Waals surface area contributed by atoms with E-state index in [1.807, 2.05) is 0 Å². The van der Waals surface area contributed by atoms with E-state index in [1.165, 1.54) is 6.07 Å². The number of hydrogen-bond acceptors (Lipinski definition) is 6. The van der Waals surface area contributed by atoms with Crippen molar-refractivity contribution in [1.82, 2.24) is 4.98 Å². The molecule has 1 aliphatic heterocycles. The highest BCUT2D eigenvalue weighted by Gasteiger charge is 2.22. The van der Waals surface area contributed by atoms with Gasteiger partial charge in [0.2, 0.25) is 10.0 Å². The number of anilines is 1. The van der Waals surface area contributed by atoms with Gasteiger partial charge in [0.25, 0.3) is 10.0 Å². The molecule has 0 aliphatic carbocycles. The van der Waals surface area contributed by atoms with Crippen LogP contribution in [0.2, 0.25) is 0 Å². The Morgan fingerprint density at radius 1 is 1.29 bits per heavy atom. The van der Waals surface area contributed by atoms with Crippen LogP contribution < -0.4 is 9.86 Å². The van der Waals surface area contributed by atoms with Crippen molar-refractivity contribution >= 4 is 25.7 Å². The number of nitrogens with two attached hydrogens (primary N) is 1. The third-order valence-electron chi connectivity index (χ3n) is 2.98. The molecule has 0 radical (unpaired) electrons. The number of sulfonamides is 2. The second-order valence-corrected chi connectivity index (χ2v) is 8.08. The van der Waals surface area contributed by atoms with E-state index in [-0.39, 0.29) is 22.6 Å². The maximum absolute atomic E-state index is 12.0. The third kappa shape index (κ3) is 4.92. The fraction of sp³-hybridized carbons (Fsp3) is 0.545. The van der Waals surface area contributed by atoms with Crippen molar-refractivity contribution in [3.63, 3.8) is 0 Å². The molecule has 1 aromatic rings. The number of aromatic nitrogens is 1. The third-order valence-corrected chi connectivity index (χ3v) is 5.16. The lowest BCUT2D eigenvalue weighted by Crippen LogP contribution is -2.30. The summed E-state index contributed by atoms with van der Waals surface area (Å²) in [4.78, 5) is 3.61.